The van der Waals surface area contributed by atoms with Crippen LogP contribution in [0.1, 0.15) is 43.1 Å². The summed E-state index contributed by atoms with van der Waals surface area (Å²) in [5.74, 6) is 1.36. The van der Waals surface area contributed by atoms with Crippen LogP contribution in [0.15, 0.2) is 27.6 Å². The molecule has 5 nitrogen and oxygen atoms in total. The molecule has 1 saturated heterocycles. The Morgan fingerprint density at radius 3 is 2.93 bits per heavy atom. The molecule has 1 aliphatic heterocycles. The van der Waals surface area contributed by atoms with E-state index < -0.39 is 0 Å². The van der Waals surface area contributed by atoms with Crippen molar-refractivity contribution in [1.82, 2.24) is 10.2 Å². The molecule has 1 fully saturated rings. The van der Waals surface area contributed by atoms with Crippen LogP contribution >= 0.6 is 11.8 Å². The van der Waals surface area contributed by atoms with E-state index in [0.717, 1.165) is 45.9 Å². The second kappa shape index (κ2) is 9.61. The molecular weight excluding hydrogens is 370 g/mol. The summed E-state index contributed by atoms with van der Waals surface area (Å²) in [6.07, 6.45) is 3.52. The quantitative estimate of drug-likeness (QED) is 0.559. The molecule has 1 N–H and O–H groups in total. The lowest BCUT2D eigenvalue weighted by Crippen LogP contribution is -2.32. The molecule has 2 heterocycles. The first kappa shape index (κ1) is 20.9. The number of nitrogens with zero attached hydrogens (tertiary/aromatic N) is 2. The highest BCUT2D eigenvalue weighted by molar-refractivity contribution is 8.15. The molecule has 1 atom stereocenters. The fraction of sp³-hybridized carbons (Fsp3) is 0.545. The summed E-state index contributed by atoms with van der Waals surface area (Å²) in [7, 11) is 2.17. The van der Waals surface area contributed by atoms with E-state index in [2.05, 4.69) is 35.2 Å². The second-order valence-electron chi connectivity index (χ2n) is 7.45. The number of carbonyl (C=O) groups is 1. The fourth-order valence-corrected chi connectivity index (χ4v) is 4.70. The predicted octanol–water partition coefficient (Wildman–Crippen LogP) is 4.15. The number of carbonyl (C=O) groups excluding carboxylic acids is 1. The average molecular weight is 402 g/mol. The number of nitrogens with one attached hydrogen (secondary N) is 1. The van der Waals surface area contributed by atoms with Gasteiger partial charge < -0.3 is 14.6 Å². The number of fused-ring (bicyclic) bond motifs is 1. The number of benzene rings is 1. The number of thioether (sulfide) groups is 1. The molecule has 0 radical (unpaired) electrons. The lowest BCUT2D eigenvalue weighted by atomic mass is 10.1. The van der Waals surface area contributed by atoms with E-state index in [1.54, 1.807) is 0 Å². The Balaban J connectivity index is 1.60. The van der Waals surface area contributed by atoms with Crippen LogP contribution in [0.5, 0.6) is 0 Å². The molecule has 1 aromatic carbocycles. The first-order valence-corrected chi connectivity index (χ1v) is 11.1. The van der Waals surface area contributed by atoms with Crippen LogP contribution in [-0.2, 0) is 4.79 Å². The average Bonchev–Trinajstić information content (AvgIpc) is 3.22. The molecular formula is C22H31N3O2S. The van der Waals surface area contributed by atoms with Crippen LogP contribution in [0.3, 0.4) is 0 Å². The SMILES string of the molecule is CCN=C(SCC(=O)NCCC1CCCN1C)c1cccc2c(C)c(C)oc12. The Kier molecular flexibility index (Phi) is 7.18. The smallest absolute Gasteiger partial charge is 0.230 e. The number of para-hydroxylation sites is 1. The molecule has 1 aromatic heterocycles. The Morgan fingerprint density at radius 1 is 1.39 bits per heavy atom. The van der Waals surface area contributed by atoms with Gasteiger partial charge in [0.1, 0.15) is 16.4 Å². The zero-order valence-corrected chi connectivity index (χ0v) is 18.2. The van der Waals surface area contributed by atoms with Crippen molar-refractivity contribution < 1.29 is 9.21 Å². The Morgan fingerprint density at radius 2 is 2.21 bits per heavy atom. The van der Waals surface area contributed by atoms with Gasteiger partial charge in [-0.1, -0.05) is 23.9 Å². The Hall–Kier alpha value is -1.79. The lowest BCUT2D eigenvalue weighted by Gasteiger charge is -2.19. The molecule has 0 bridgehead atoms. The molecule has 1 amide bonds. The van der Waals surface area contributed by atoms with Crippen molar-refractivity contribution in [1.29, 1.82) is 0 Å². The van der Waals surface area contributed by atoms with Gasteiger partial charge in [0.25, 0.3) is 0 Å². The summed E-state index contributed by atoms with van der Waals surface area (Å²) >= 11 is 1.49. The molecule has 6 heteroatoms. The van der Waals surface area contributed by atoms with Crippen LogP contribution < -0.4 is 5.32 Å². The summed E-state index contributed by atoms with van der Waals surface area (Å²) in [5, 5.41) is 5.05. The topological polar surface area (TPSA) is 57.8 Å². The third-order valence-electron chi connectivity index (χ3n) is 5.55. The number of amides is 1. The highest BCUT2D eigenvalue weighted by atomic mass is 32.2. The normalized spacial score (nSPS) is 18.1. The van der Waals surface area contributed by atoms with Gasteiger partial charge in [-0.25, -0.2) is 0 Å². The molecule has 0 spiro atoms. The number of rotatable bonds is 7. The van der Waals surface area contributed by atoms with E-state index in [4.69, 9.17) is 4.42 Å². The van der Waals surface area contributed by atoms with E-state index in [9.17, 15) is 4.79 Å². The zero-order valence-electron chi connectivity index (χ0n) is 17.4. The van der Waals surface area contributed by atoms with Gasteiger partial charge in [-0.05, 0) is 65.3 Å². The van der Waals surface area contributed by atoms with E-state index in [-0.39, 0.29) is 5.91 Å². The maximum Gasteiger partial charge on any atom is 0.230 e. The van der Waals surface area contributed by atoms with Crippen LogP contribution in [0.4, 0.5) is 0 Å². The minimum absolute atomic E-state index is 0.0634. The molecule has 28 heavy (non-hydrogen) atoms. The molecule has 0 saturated carbocycles. The number of hydrogen-bond acceptors (Lipinski definition) is 5. The van der Waals surface area contributed by atoms with Gasteiger partial charge in [-0.2, -0.15) is 0 Å². The maximum atomic E-state index is 12.3. The molecule has 1 unspecified atom stereocenters. The largest absolute Gasteiger partial charge is 0.460 e. The molecule has 1 aliphatic rings. The number of aliphatic imine (C=N–C) groups is 1. The molecule has 3 rings (SSSR count). The standard InChI is InChI=1S/C22H31N3O2S/c1-5-23-22(19-10-6-9-18-15(2)16(3)27-21(18)19)28-14-20(26)24-12-11-17-8-7-13-25(17)4/h6,9-10,17H,5,7-8,11-14H2,1-4H3,(H,24,26). The van der Waals surface area contributed by atoms with E-state index in [1.165, 1.54) is 31.1 Å². The summed E-state index contributed by atoms with van der Waals surface area (Å²) < 4.78 is 6.00. The van der Waals surface area contributed by atoms with Crippen molar-refractivity contribution in [3.05, 3.63) is 35.1 Å². The van der Waals surface area contributed by atoms with Crippen molar-refractivity contribution in [2.75, 3.05) is 32.4 Å². The van der Waals surface area contributed by atoms with Crippen LogP contribution in [0.2, 0.25) is 0 Å². The summed E-state index contributed by atoms with van der Waals surface area (Å²) in [5.41, 5.74) is 3.00. The van der Waals surface area contributed by atoms with Crippen molar-refractivity contribution in [2.24, 2.45) is 4.99 Å². The van der Waals surface area contributed by atoms with Gasteiger partial charge in [0.15, 0.2) is 0 Å². The van der Waals surface area contributed by atoms with Gasteiger partial charge in [-0.15, -0.1) is 0 Å². The lowest BCUT2D eigenvalue weighted by molar-refractivity contribution is -0.118. The van der Waals surface area contributed by atoms with Crippen LogP contribution in [0.25, 0.3) is 11.0 Å². The number of likely N-dealkylation sites (tertiary alicyclic amines) is 1. The third kappa shape index (κ3) is 4.78. The number of aryl methyl sites for hydroxylation is 2. The first-order chi connectivity index (χ1) is 13.5. The van der Waals surface area contributed by atoms with Crippen LogP contribution in [0, 0.1) is 13.8 Å². The number of furan rings is 1. The van der Waals surface area contributed by atoms with E-state index in [0.29, 0.717) is 18.3 Å². The van der Waals surface area contributed by atoms with Gasteiger partial charge in [-0.3, -0.25) is 9.79 Å². The van der Waals surface area contributed by atoms with Gasteiger partial charge >= 0.3 is 0 Å². The van der Waals surface area contributed by atoms with Crippen molar-refractivity contribution in [3.8, 4) is 0 Å². The summed E-state index contributed by atoms with van der Waals surface area (Å²) in [6.45, 7) is 8.65. The van der Waals surface area contributed by atoms with Crippen LogP contribution in [-0.4, -0.2) is 54.3 Å². The van der Waals surface area contributed by atoms with Crippen molar-refractivity contribution >= 4 is 33.7 Å². The minimum atomic E-state index is 0.0634. The first-order valence-electron chi connectivity index (χ1n) is 10.1. The molecule has 0 aliphatic carbocycles. The van der Waals surface area contributed by atoms with E-state index >= 15 is 0 Å². The Labute approximate surface area is 172 Å². The molecule has 152 valence electrons. The highest BCUT2D eigenvalue weighted by Gasteiger charge is 2.20. The summed E-state index contributed by atoms with van der Waals surface area (Å²) in [4.78, 5) is 19.4. The number of hydrogen-bond donors (Lipinski definition) is 1. The van der Waals surface area contributed by atoms with Crippen molar-refractivity contribution in [2.45, 2.75) is 46.1 Å². The molecule has 2 aromatic rings. The van der Waals surface area contributed by atoms with E-state index in [1.807, 2.05) is 26.0 Å². The highest BCUT2D eigenvalue weighted by Crippen LogP contribution is 2.30. The predicted molar refractivity (Wildman–Crippen MR) is 119 cm³/mol. The third-order valence-corrected chi connectivity index (χ3v) is 6.57. The minimum Gasteiger partial charge on any atom is -0.460 e. The van der Waals surface area contributed by atoms with Gasteiger partial charge in [0, 0.05) is 30.1 Å². The van der Waals surface area contributed by atoms with Gasteiger partial charge in [0.2, 0.25) is 5.91 Å². The second-order valence-corrected chi connectivity index (χ2v) is 8.41. The van der Waals surface area contributed by atoms with Gasteiger partial charge in [0.05, 0.1) is 5.75 Å². The summed E-state index contributed by atoms with van der Waals surface area (Å²) in [6, 6.07) is 6.74. The fourth-order valence-electron chi connectivity index (χ4n) is 3.79. The monoisotopic (exact) mass is 401 g/mol. The van der Waals surface area contributed by atoms with Crippen molar-refractivity contribution in [3.63, 3.8) is 0 Å². The maximum absolute atomic E-state index is 12.3. The zero-order chi connectivity index (χ0) is 20.1. The Bertz CT molecular complexity index is 859.